The molecule has 0 N–H and O–H groups in total. The van der Waals surface area contributed by atoms with Crippen LogP contribution in [0, 0.1) is 17.1 Å². The molecule has 2 aromatic heterocycles. The minimum Gasteiger partial charge on any atom is -0.444 e. The van der Waals surface area contributed by atoms with Gasteiger partial charge in [0.05, 0.1) is 30.3 Å². The van der Waals surface area contributed by atoms with Crippen molar-refractivity contribution in [3.8, 4) is 17.6 Å². The quantitative estimate of drug-likeness (QED) is 0.261. The fourth-order valence-corrected chi connectivity index (χ4v) is 5.96. The van der Waals surface area contributed by atoms with E-state index in [0.29, 0.717) is 40.7 Å². The van der Waals surface area contributed by atoms with Crippen molar-refractivity contribution < 1.29 is 18.6 Å². The van der Waals surface area contributed by atoms with E-state index in [0.717, 1.165) is 48.5 Å². The minimum absolute atomic E-state index is 0.0104. The first-order chi connectivity index (χ1) is 19.8. The molecule has 0 saturated carbocycles. The summed E-state index contributed by atoms with van der Waals surface area (Å²) in [5.74, 6) is 0.737. The third-order valence-corrected chi connectivity index (χ3v) is 8.29. The van der Waals surface area contributed by atoms with E-state index in [2.05, 4.69) is 26.6 Å². The molecular weight excluding hydrogens is 545 g/mol. The molecule has 10 heteroatoms. The molecular formula is C31H31ClFN5O3. The van der Waals surface area contributed by atoms with Gasteiger partial charge in [0.1, 0.15) is 23.2 Å². The Hall–Kier alpha value is -3.71. The summed E-state index contributed by atoms with van der Waals surface area (Å²) in [6.07, 6.45) is 3.43. The van der Waals surface area contributed by atoms with Crippen molar-refractivity contribution in [2.24, 2.45) is 0 Å². The molecule has 0 bridgehead atoms. The van der Waals surface area contributed by atoms with Crippen LogP contribution in [-0.2, 0) is 23.6 Å². The summed E-state index contributed by atoms with van der Waals surface area (Å²) in [5.41, 5.74) is 3.35. The van der Waals surface area contributed by atoms with Crippen molar-refractivity contribution in [3.05, 3.63) is 82.0 Å². The molecule has 2 aliphatic rings. The van der Waals surface area contributed by atoms with Gasteiger partial charge < -0.3 is 18.8 Å². The van der Waals surface area contributed by atoms with Crippen LogP contribution in [0.15, 0.2) is 48.7 Å². The summed E-state index contributed by atoms with van der Waals surface area (Å²) < 4.78 is 34.9. The number of hydrogen-bond donors (Lipinski definition) is 0. The van der Waals surface area contributed by atoms with Gasteiger partial charge in [0, 0.05) is 30.8 Å². The number of rotatable bonds is 7. The van der Waals surface area contributed by atoms with Gasteiger partial charge in [0.2, 0.25) is 0 Å². The minimum atomic E-state index is -1.27. The fourth-order valence-electron chi connectivity index (χ4n) is 5.80. The van der Waals surface area contributed by atoms with Crippen LogP contribution >= 0.6 is 11.6 Å². The fraction of sp³-hybridized carbons (Fsp3) is 0.387. The molecule has 4 heterocycles. The monoisotopic (exact) mass is 575 g/mol. The molecule has 0 amide bonds. The van der Waals surface area contributed by atoms with Gasteiger partial charge in [-0.3, -0.25) is 4.90 Å². The largest absolute Gasteiger partial charge is 0.444 e. The second-order valence-electron chi connectivity index (χ2n) is 10.9. The summed E-state index contributed by atoms with van der Waals surface area (Å²) in [6, 6.07) is 14.4. The number of methoxy groups -OCH3 is 1. The Kier molecular flexibility index (Phi) is 7.32. The molecule has 41 heavy (non-hydrogen) atoms. The third kappa shape index (κ3) is 5.23. The molecule has 1 fully saturated rings. The highest BCUT2D eigenvalue weighted by Gasteiger charge is 2.43. The van der Waals surface area contributed by atoms with Gasteiger partial charge in [0.25, 0.3) is 5.79 Å². The lowest BCUT2D eigenvalue weighted by molar-refractivity contribution is -0.0712. The van der Waals surface area contributed by atoms with E-state index >= 15 is 0 Å². The van der Waals surface area contributed by atoms with Gasteiger partial charge in [0.15, 0.2) is 17.1 Å². The molecule has 2 atom stereocenters. The zero-order valence-corrected chi connectivity index (χ0v) is 24.0. The van der Waals surface area contributed by atoms with Crippen molar-refractivity contribution in [1.29, 1.82) is 5.26 Å². The first-order valence-corrected chi connectivity index (χ1v) is 14.1. The number of benzene rings is 2. The molecule has 8 nitrogen and oxygen atoms in total. The van der Waals surface area contributed by atoms with E-state index in [1.54, 1.807) is 38.4 Å². The number of nitriles is 1. The summed E-state index contributed by atoms with van der Waals surface area (Å²) in [7, 11) is 1.69. The number of ether oxygens (including phenoxy) is 3. The lowest BCUT2D eigenvalue weighted by Crippen LogP contribution is -2.34. The predicted molar refractivity (Wildman–Crippen MR) is 152 cm³/mol. The second-order valence-corrected chi connectivity index (χ2v) is 11.3. The Morgan fingerprint density at radius 2 is 2.02 bits per heavy atom. The van der Waals surface area contributed by atoms with E-state index < -0.39 is 11.6 Å². The number of halogens is 2. The maximum atomic E-state index is 14.8. The number of likely N-dealkylation sites (tertiary alicyclic amines) is 1. The van der Waals surface area contributed by atoms with Crippen molar-refractivity contribution in [2.75, 3.05) is 20.2 Å². The third-order valence-electron chi connectivity index (χ3n) is 8.06. The summed E-state index contributed by atoms with van der Waals surface area (Å²) in [5, 5.41) is 9.64. The number of nitrogens with zero attached hydrogens (tertiary/aromatic N) is 5. The molecule has 2 aliphatic heterocycles. The Morgan fingerprint density at radius 3 is 2.76 bits per heavy atom. The second kappa shape index (κ2) is 10.9. The topological polar surface area (TPSA) is 85.4 Å². The molecule has 2 unspecified atom stereocenters. The van der Waals surface area contributed by atoms with E-state index in [4.69, 9.17) is 30.8 Å². The highest BCUT2D eigenvalue weighted by molar-refractivity contribution is 6.30. The van der Waals surface area contributed by atoms with Crippen LogP contribution in [0.2, 0.25) is 5.02 Å². The van der Waals surface area contributed by atoms with Crippen molar-refractivity contribution in [3.63, 3.8) is 0 Å². The molecule has 0 aliphatic carbocycles. The van der Waals surface area contributed by atoms with Crippen LogP contribution < -0.4 is 9.47 Å². The van der Waals surface area contributed by atoms with E-state index in [1.165, 1.54) is 6.07 Å². The van der Waals surface area contributed by atoms with Crippen molar-refractivity contribution in [2.45, 2.75) is 57.6 Å². The summed E-state index contributed by atoms with van der Waals surface area (Å²) in [6.45, 7) is 6.79. The average molecular weight is 576 g/mol. The Labute approximate surface area is 243 Å². The highest BCUT2D eigenvalue weighted by Crippen LogP contribution is 2.49. The van der Waals surface area contributed by atoms with Crippen molar-refractivity contribution in [1.82, 2.24) is 19.4 Å². The van der Waals surface area contributed by atoms with Crippen molar-refractivity contribution >= 4 is 22.8 Å². The molecule has 2 aromatic carbocycles. The molecule has 4 aromatic rings. The van der Waals surface area contributed by atoms with Crippen LogP contribution in [0.3, 0.4) is 0 Å². The first-order valence-electron chi connectivity index (χ1n) is 13.7. The number of imidazole rings is 1. The van der Waals surface area contributed by atoms with Gasteiger partial charge >= 0.3 is 0 Å². The molecule has 1 saturated heterocycles. The summed E-state index contributed by atoms with van der Waals surface area (Å²) >= 11 is 5.97. The Bertz CT molecular complexity index is 1650. The van der Waals surface area contributed by atoms with Crippen LogP contribution in [0.25, 0.3) is 11.2 Å². The number of piperidine rings is 1. The highest BCUT2D eigenvalue weighted by atomic mass is 35.5. The van der Waals surface area contributed by atoms with Gasteiger partial charge in [-0.2, -0.15) is 5.26 Å². The van der Waals surface area contributed by atoms with E-state index in [1.807, 2.05) is 19.1 Å². The average Bonchev–Trinajstić information content (AvgIpc) is 3.49. The lowest BCUT2D eigenvalue weighted by atomic mass is 9.88. The number of fused-ring (bicyclic) bond motifs is 2. The van der Waals surface area contributed by atoms with Gasteiger partial charge in [-0.1, -0.05) is 23.7 Å². The van der Waals surface area contributed by atoms with Gasteiger partial charge in [-0.05, 0) is 69.1 Å². The smallest absolute Gasteiger partial charge is 0.278 e. The number of aromatic nitrogens is 3. The van der Waals surface area contributed by atoms with Gasteiger partial charge in [-0.25, -0.2) is 14.4 Å². The first kappa shape index (κ1) is 27.5. The molecule has 6 rings (SSSR count). The standard InChI is InChI=1S/C31H31ClFN5O3/c1-19(39-3)17-38-28(36-26-13-20(15-34)16-35-30(26)38)18-37-11-9-21(10-12-37)23-5-4-6-27-29(23)41-31(2,40-27)24-8-7-22(32)14-25(24)33/h4-8,13-14,16,19,21H,9-12,17-18H2,1-3H3. The molecule has 0 spiro atoms. The predicted octanol–water partition coefficient (Wildman–Crippen LogP) is 6.15. The van der Waals surface area contributed by atoms with Crippen LogP contribution in [0.1, 0.15) is 55.1 Å². The number of hydrogen-bond acceptors (Lipinski definition) is 7. The molecule has 212 valence electrons. The summed E-state index contributed by atoms with van der Waals surface area (Å²) in [4.78, 5) is 11.8. The van der Waals surface area contributed by atoms with E-state index in [-0.39, 0.29) is 12.0 Å². The Balaban J connectivity index is 1.18. The van der Waals surface area contributed by atoms with Crippen LogP contribution in [0.5, 0.6) is 11.5 Å². The lowest BCUT2D eigenvalue weighted by Gasteiger charge is -2.32. The SMILES string of the molecule is COC(C)Cn1c(CN2CCC(c3cccc4c3OC(C)(c3ccc(Cl)cc3F)O4)CC2)nc2cc(C#N)cnc21. The molecule has 0 radical (unpaired) electrons. The zero-order valence-electron chi connectivity index (χ0n) is 23.2. The zero-order chi connectivity index (χ0) is 28.7. The van der Waals surface area contributed by atoms with Crippen LogP contribution in [-0.4, -0.2) is 45.7 Å². The van der Waals surface area contributed by atoms with E-state index in [9.17, 15) is 9.65 Å². The normalized spacial score (nSPS) is 19.9. The van der Waals surface area contributed by atoms with Crippen LogP contribution in [0.4, 0.5) is 4.39 Å². The number of pyridine rings is 1. The number of para-hydroxylation sites is 1. The van der Waals surface area contributed by atoms with Gasteiger partial charge in [-0.15, -0.1) is 0 Å². The maximum Gasteiger partial charge on any atom is 0.278 e. The maximum absolute atomic E-state index is 14.8. The Morgan fingerprint density at radius 1 is 1.22 bits per heavy atom.